The highest BCUT2D eigenvalue weighted by Crippen LogP contribution is 2.23. The Balaban J connectivity index is 1.90. The summed E-state index contributed by atoms with van der Waals surface area (Å²) in [5.74, 6) is 0.484. The summed E-state index contributed by atoms with van der Waals surface area (Å²) in [6, 6.07) is 6.72. The van der Waals surface area contributed by atoms with Crippen molar-refractivity contribution in [2.45, 2.75) is 37.9 Å². The Morgan fingerprint density at radius 3 is 2.55 bits per heavy atom. The quantitative estimate of drug-likeness (QED) is 0.874. The molecule has 0 aliphatic heterocycles. The lowest BCUT2D eigenvalue weighted by Gasteiger charge is -2.22. The van der Waals surface area contributed by atoms with Gasteiger partial charge in [-0.05, 0) is 30.4 Å². The van der Waals surface area contributed by atoms with E-state index in [0.717, 1.165) is 0 Å². The summed E-state index contributed by atoms with van der Waals surface area (Å²) in [6.07, 6.45) is 7.31. The summed E-state index contributed by atoms with van der Waals surface area (Å²) >= 11 is 0. The van der Waals surface area contributed by atoms with Gasteiger partial charge >= 0.3 is 6.03 Å². The minimum Gasteiger partial charge on any atom is -0.338 e. The van der Waals surface area contributed by atoms with Crippen LogP contribution in [0.2, 0.25) is 0 Å². The highest BCUT2D eigenvalue weighted by molar-refractivity contribution is 7.89. The third-order valence-corrected chi connectivity index (χ3v) is 4.79. The fraction of sp³-hybridized carbons (Fsp3) is 0.562. The third kappa shape index (κ3) is 5.67. The Kier molecular flexibility index (Phi) is 5.83. The van der Waals surface area contributed by atoms with Crippen LogP contribution >= 0.6 is 0 Å². The van der Waals surface area contributed by atoms with Crippen molar-refractivity contribution in [1.82, 2.24) is 5.32 Å². The van der Waals surface area contributed by atoms with Gasteiger partial charge in [0.2, 0.25) is 0 Å². The van der Waals surface area contributed by atoms with Crippen molar-refractivity contribution in [3.63, 3.8) is 0 Å². The SMILES string of the molecule is CS(=O)(=O)Cc1ccccc1NC(=O)NCC1CCCCC1. The first-order valence-electron chi connectivity index (χ1n) is 7.74. The molecule has 1 saturated carbocycles. The van der Waals surface area contributed by atoms with Crippen LogP contribution in [0.5, 0.6) is 0 Å². The van der Waals surface area contributed by atoms with E-state index in [4.69, 9.17) is 0 Å². The molecule has 1 aliphatic rings. The van der Waals surface area contributed by atoms with Crippen LogP contribution in [-0.2, 0) is 15.6 Å². The Morgan fingerprint density at radius 1 is 1.18 bits per heavy atom. The minimum atomic E-state index is -3.14. The summed E-state index contributed by atoms with van der Waals surface area (Å²) in [5.41, 5.74) is 1.16. The van der Waals surface area contributed by atoms with Crippen molar-refractivity contribution in [2.24, 2.45) is 5.92 Å². The van der Waals surface area contributed by atoms with E-state index in [1.807, 2.05) is 0 Å². The van der Waals surface area contributed by atoms with Gasteiger partial charge in [0.25, 0.3) is 0 Å². The Bertz CT molecular complexity index is 608. The van der Waals surface area contributed by atoms with Gasteiger partial charge in [-0.15, -0.1) is 0 Å². The predicted molar refractivity (Wildman–Crippen MR) is 88.6 cm³/mol. The van der Waals surface area contributed by atoms with Crippen molar-refractivity contribution in [3.05, 3.63) is 29.8 Å². The number of nitrogens with one attached hydrogen (secondary N) is 2. The van der Waals surface area contributed by atoms with E-state index in [2.05, 4.69) is 10.6 Å². The number of para-hydroxylation sites is 1. The minimum absolute atomic E-state index is 0.0773. The number of sulfone groups is 1. The number of carbonyl (C=O) groups excluding carboxylic acids is 1. The van der Waals surface area contributed by atoms with E-state index in [1.165, 1.54) is 38.4 Å². The number of amides is 2. The monoisotopic (exact) mass is 324 g/mol. The smallest absolute Gasteiger partial charge is 0.319 e. The van der Waals surface area contributed by atoms with Crippen LogP contribution < -0.4 is 10.6 Å². The van der Waals surface area contributed by atoms with E-state index >= 15 is 0 Å². The van der Waals surface area contributed by atoms with Gasteiger partial charge in [0.1, 0.15) is 0 Å². The topological polar surface area (TPSA) is 75.3 Å². The zero-order valence-corrected chi connectivity index (χ0v) is 13.8. The van der Waals surface area contributed by atoms with Gasteiger partial charge in [-0.25, -0.2) is 13.2 Å². The van der Waals surface area contributed by atoms with Crippen LogP contribution in [0.15, 0.2) is 24.3 Å². The van der Waals surface area contributed by atoms with Crippen LogP contribution in [0.25, 0.3) is 0 Å². The van der Waals surface area contributed by atoms with Gasteiger partial charge in [0, 0.05) is 18.5 Å². The van der Waals surface area contributed by atoms with Crippen LogP contribution in [-0.4, -0.2) is 27.2 Å². The molecular weight excluding hydrogens is 300 g/mol. The van der Waals surface area contributed by atoms with Crippen LogP contribution in [0.1, 0.15) is 37.7 Å². The first kappa shape index (κ1) is 16.8. The van der Waals surface area contributed by atoms with E-state index in [9.17, 15) is 13.2 Å². The standard InChI is InChI=1S/C16H24N2O3S/c1-22(20,21)12-14-9-5-6-10-15(14)18-16(19)17-11-13-7-3-2-4-8-13/h5-6,9-10,13H,2-4,7-8,11-12H2,1H3,(H2,17,18,19). The molecule has 0 saturated heterocycles. The zero-order valence-electron chi connectivity index (χ0n) is 13.0. The molecule has 1 fully saturated rings. The molecule has 0 heterocycles. The molecule has 122 valence electrons. The second kappa shape index (κ2) is 7.63. The summed E-state index contributed by atoms with van der Waals surface area (Å²) in [5, 5.41) is 5.65. The van der Waals surface area contributed by atoms with Crippen molar-refractivity contribution >= 4 is 21.6 Å². The maximum Gasteiger partial charge on any atom is 0.319 e. The normalized spacial score (nSPS) is 16.2. The molecule has 1 aliphatic carbocycles. The lowest BCUT2D eigenvalue weighted by Crippen LogP contribution is -2.34. The van der Waals surface area contributed by atoms with Crippen LogP contribution in [0.4, 0.5) is 10.5 Å². The number of anilines is 1. The fourth-order valence-corrected chi connectivity index (χ4v) is 3.66. The lowest BCUT2D eigenvalue weighted by molar-refractivity contribution is 0.247. The zero-order chi connectivity index (χ0) is 16.0. The predicted octanol–water partition coefficient (Wildman–Crippen LogP) is 2.93. The van der Waals surface area contributed by atoms with E-state index < -0.39 is 9.84 Å². The average Bonchev–Trinajstić information content (AvgIpc) is 2.47. The molecule has 2 amide bonds. The highest BCUT2D eigenvalue weighted by Gasteiger charge is 2.15. The molecule has 0 aromatic heterocycles. The van der Waals surface area contributed by atoms with Crippen molar-refractivity contribution in [2.75, 3.05) is 18.1 Å². The van der Waals surface area contributed by atoms with Crippen LogP contribution in [0, 0.1) is 5.92 Å². The van der Waals surface area contributed by atoms with Crippen molar-refractivity contribution in [1.29, 1.82) is 0 Å². The summed E-state index contributed by atoms with van der Waals surface area (Å²) < 4.78 is 22.9. The van der Waals surface area contributed by atoms with Gasteiger partial charge in [0.05, 0.1) is 5.75 Å². The Morgan fingerprint density at radius 2 is 1.86 bits per heavy atom. The van der Waals surface area contributed by atoms with Crippen molar-refractivity contribution < 1.29 is 13.2 Å². The Hall–Kier alpha value is -1.56. The summed E-state index contributed by atoms with van der Waals surface area (Å²) in [4.78, 5) is 12.0. The molecule has 1 aromatic rings. The summed E-state index contributed by atoms with van der Waals surface area (Å²) in [7, 11) is -3.14. The molecule has 0 unspecified atom stereocenters. The second-order valence-electron chi connectivity index (χ2n) is 6.07. The van der Waals surface area contributed by atoms with Gasteiger partial charge in [-0.1, -0.05) is 37.5 Å². The number of hydrogen-bond acceptors (Lipinski definition) is 3. The van der Waals surface area contributed by atoms with Gasteiger partial charge in [-0.3, -0.25) is 0 Å². The molecule has 0 spiro atoms. The van der Waals surface area contributed by atoms with Gasteiger partial charge in [-0.2, -0.15) is 0 Å². The first-order chi connectivity index (χ1) is 10.4. The maximum absolute atomic E-state index is 12.0. The molecule has 2 rings (SSSR count). The molecule has 6 heteroatoms. The van der Waals surface area contributed by atoms with Crippen molar-refractivity contribution in [3.8, 4) is 0 Å². The first-order valence-corrected chi connectivity index (χ1v) is 9.80. The molecule has 0 bridgehead atoms. The molecule has 22 heavy (non-hydrogen) atoms. The largest absolute Gasteiger partial charge is 0.338 e. The lowest BCUT2D eigenvalue weighted by atomic mass is 9.89. The number of hydrogen-bond donors (Lipinski definition) is 2. The molecule has 0 radical (unpaired) electrons. The number of urea groups is 1. The van der Waals surface area contributed by atoms with E-state index in [1.54, 1.807) is 24.3 Å². The number of carbonyl (C=O) groups is 1. The van der Waals surface area contributed by atoms with E-state index in [0.29, 0.717) is 23.7 Å². The van der Waals surface area contributed by atoms with Gasteiger partial charge < -0.3 is 10.6 Å². The maximum atomic E-state index is 12.0. The fourth-order valence-electron chi connectivity index (χ4n) is 2.85. The van der Waals surface area contributed by atoms with Crippen LogP contribution in [0.3, 0.4) is 0 Å². The molecule has 0 atom stereocenters. The molecule has 5 nitrogen and oxygen atoms in total. The van der Waals surface area contributed by atoms with Gasteiger partial charge in [0.15, 0.2) is 9.84 Å². The highest BCUT2D eigenvalue weighted by atomic mass is 32.2. The molecular formula is C16H24N2O3S. The second-order valence-corrected chi connectivity index (χ2v) is 8.21. The summed E-state index contributed by atoms with van der Waals surface area (Å²) in [6.45, 7) is 0.681. The number of rotatable bonds is 5. The van der Waals surface area contributed by atoms with E-state index in [-0.39, 0.29) is 11.8 Å². The number of benzene rings is 1. The molecule has 1 aromatic carbocycles. The third-order valence-electron chi connectivity index (χ3n) is 3.96. The molecule has 2 N–H and O–H groups in total. The average molecular weight is 324 g/mol. The Labute approximate surface area is 132 Å².